The van der Waals surface area contributed by atoms with Crippen molar-refractivity contribution in [2.45, 2.75) is 6.92 Å². The van der Waals surface area contributed by atoms with Gasteiger partial charge in [-0.2, -0.15) is 0 Å². The van der Waals surface area contributed by atoms with Crippen molar-refractivity contribution in [2.75, 3.05) is 22.5 Å². The molecule has 0 atom stereocenters. The van der Waals surface area contributed by atoms with Crippen LogP contribution in [0.1, 0.15) is 6.92 Å². The summed E-state index contributed by atoms with van der Waals surface area (Å²) in [5.41, 5.74) is 0.782. The van der Waals surface area contributed by atoms with Gasteiger partial charge in [0.15, 0.2) is 0 Å². The zero-order valence-corrected chi connectivity index (χ0v) is 12.3. The molecule has 5 nitrogen and oxygen atoms in total. The van der Waals surface area contributed by atoms with Crippen molar-refractivity contribution in [1.29, 1.82) is 0 Å². The van der Waals surface area contributed by atoms with E-state index in [9.17, 15) is 18.4 Å². The van der Waals surface area contributed by atoms with Crippen molar-refractivity contribution in [3.8, 4) is 0 Å². The van der Waals surface area contributed by atoms with Crippen LogP contribution in [0.3, 0.4) is 0 Å². The van der Waals surface area contributed by atoms with Gasteiger partial charge < -0.3 is 16.0 Å². The van der Waals surface area contributed by atoms with E-state index in [-0.39, 0.29) is 12.5 Å². The molecule has 0 heterocycles. The van der Waals surface area contributed by atoms with Crippen LogP contribution < -0.4 is 16.0 Å². The number of rotatable bonds is 5. The molecule has 7 heteroatoms. The Labute approximate surface area is 131 Å². The number of carbonyl (C=O) groups excluding carboxylic acids is 2. The standard InChI is InChI=1S/C16H15F2N3O2/c1-10(22)20-12-7-5-11(6-8-12)19-9-15(23)21-16-13(17)3-2-4-14(16)18/h2-8,19H,9H2,1H3,(H,20,22)(H,21,23). The summed E-state index contributed by atoms with van der Waals surface area (Å²) in [6.07, 6.45) is 0. The van der Waals surface area contributed by atoms with Crippen LogP contribution in [0, 0.1) is 11.6 Å². The molecular formula is C16H15F2N3O2. The average Bonchev–Trinajstić information content (AvgIpc) is 2.50. The molecule has 0 saturated carbocycles. The summed E-state index contributed by atoms with van der Waals surface area (Å²) in [5.74, 6) is -2.44. The zero-order valence-electron chi connectivity index (χ0n) is 12.3. The van der Waals surface area contributed by atoms with E-state index in [0.717, 1.165) is 12.1 Å². The normalized spacial score (nSPS) is 10.0. The van der Waals surface area contributed by atoms with Gasteiger partial charge in [0, 0.05) is 18.3 Å². The number of benzene rings is 2. The second-order valence-corrected chi connectivity index (χ2v) is 4.76. The maximum atomic E-state index is 13.4. The Morgan fingerprint density at radius 3 is 2.04 bits per heavy atom. The number of halogens is 2. The van der Waals surface area contributed by atoms with Crippen LogP contribution in [0.2, 0.25) is 0 Å². The third-order valence-corrected chi connectivity index (χ3v) is 2.89. The molecular weight excluding hydrogens is 304 g/mol. The Morgan fingerprint density at radius 2 is 1.48 bits per heavy atom. The minimum Gasteiger partial charge on any atom is -0.376 e. The Hall–Kier alpha value is -2.96. The second-order valence-electron chi connectivity index (χ2n) is 4.76. The van der Waals surface area contributed by atoms with Gasteiger partial charge in [-0.25, -0.2) is 8.78 Å². The third-order valence-electron chi connectivity index (χ3n) is 2.89. The van der Waals surface area contributed by atoms with Crippen LogP contribution in [0.5, 0.6) is 0 Å². The Morgan fingerprint density at radius 1 is 0.913 bits per heavy atom. The summed E-state index contributed by atoms with van der Waals surface area (Å²) < 4.78 is 26.8. The van der Waals surface area contributed by atoms with E-state index in [2.05, 4.69) is 16.0 Å². The van der Waals surface area contributed by atoms with Crippen LogP contribution in [0.25, 0.3) is 0 Å². The lowest BCUT2D eigenvalue weighted by molar-refractivity contribution is -0.115. The van der Waals surface area contributed by atoms with Gasteiger partial charge in [-0.3, -0.25) is 9.59 Å². The second kappa shape index (κ2) is 7.35. The number of hydrogen-bond donors (Lipinski definition) is 3. The van der Waals surface area contributed by atoms with E-state index in [1.54, 1.807) is 24.3 Å². The molecule has 0 unspecified atom stereocenters. The van der Waals surface area contributed by atoms with Crippen LogP contribution in [-0.4, -0.2) is 18.4 Å². The van der Waals surface area contributed by atoms with Crippen LogP contribution in [0.4, 0.5) is 25.8 Å². The number of carbonyl (C=O) groups is 2. The highest BCUT2D eigenvalue weighted by molar-refractivity contribution is 5.94. The summed E-state index contributed by atoms with van der Waals surface area (Å²) in [4.78, 5) is 22.6. The fraction of sp³-hybridized carbons (Fsp3) is 0.125. The molecule has 2 aromatic carbocycles. The van der Waals surface area contributed by atoms with Crippen molar-refractivity contribution in [3.05, 3.63) is 54.1 Å². The average molecular weight is 319 g/mol. The largest absolute Gasteiger partial charge is 0.376 e. The fourth-order valence-corrected chi connectivity index (χ4v) is 1.86. The molecule has 0 saturated heterocycles. The minimum absolute atomic E-state index is 0.159. The van der Waals surface area contributed by atoms with Gasteiger partial charge in [-0.15, -0.1) is 0 Å². The molecule has 0 aliphatic rings. The van der Waals surface area contributed by atoms with E-state index in [0.29, 0.717) is 11.4 Å². The highest BCUT2D eigenvalue weighted by atomic mass is 19.1. The first-order valence-electron chi connectivity index (χ1n) is 6.81. The topological polar surface area (TPSA) is 70.2 Å². The number of nitrogens with one attached hydrogen (secondary N) is 3. The van der Waals surface area contributed by atoms with Gasteiger partial charge in [-0.1, -0.05) is 6.07 Å². The highest BCUT2D eigenvalue weighted by Gasteiger charge is 2.11. The number of para-hydroxylation sites is 1. The van der Waals surface area contributed by atoms with Crippen molar-refractivity contribution < 1.29 is 18.4 Å². The van der Waals surface area contributed by atoms with Crippen LogP contribution >= 0.6 is 0 Å². The van der Waals surface area contributed by atoms with Gasteiger partial charge in [0.2, 0.25) is 11.8 Å². The zero-order chi connectivity index (χ0) is 16.8. The number of amides is 2. The first kappa shape index (κ1) is 16.4. The number of anilines is 3. The molecule has 0 aliphatic heterocycles. The lowest BCUT2D eigenvalue weighted by Crippen LogP contribution is -2.23. The third kappa shape index (κ3) is 4.77. The van der Waals surface area contributed by atoms with E-state index in [1.165, 1.54) is 13.0 Å². The van der Waals surface area contributed by atoms with E-state index in [1.807, 2.05) is 0 Å². The molecule has 23 heavy (non-hydrogen) atoms. The summed E-state index contributed by atoms with van der Waals surface area (Å²) in [6.45, 7) is 1.24. The molecule has 120 valence electrons. The maximum absolute atomic E-state index is 13.4. The van der Waals surface area contributed by atoms with Gasteiger partial charge in [0.25, 0.3) is 0 Å². The van der Waals surface area contributed by atoms with Gasteiger partial charge in [0.05, 0.1) is 6.54 Å². The maximum Gasteiger partial charge on any atom is 0.243 e. The Bertz CT molecular complexity index is 698. The first-order valence-corrected chi connectivity index (χ1v) is 6.81. The van der Waals surface area contributed by atoms with Crippen LogP contribution in [-0.2, 0) is 9.59 Å². The summed E-state index contributed by atoms with van der Waals surface area (Å²) in [7, 11) is 0. The Balaban J connectivity index is 1.90. The lowest BCUT2D eigenvalue weighted by atomic mass is 10.2. The predicted octanol–water partition coefficient (Wildman–Crippen LogP) is 2.97. The van der Waals surface area contributed by atoms with Crippen molar-refractivity contribution in [2.24, 2.45) is 0 Å². The minimum atomic E-state index is -0.835. The van der Waals surface area contributed by atoms with Crippen molar-refractivity contribution in [3.63, 3.8) is 0 Å². The smallest absolute Gasteiger partial charge is 0.243 e. The van der Waals surface area contributed by atoms with Crippen molar-refractivity contribution >= 4 is 28.9 Å². The predicted molar refractivity (Wildman–Crippen MR) is 84.2 cm³/mol. The summed E-state index contributed by atoms with van der Waals surface area (Å²) >= 11 is 0. The molecule has 3 N–H and O–H groups in total. The molecule has 0 aromatic heterocycles. The van der Waals surface area contributed by atoms with Gasteiger partial charge in [0.1, 0.15) is 17.3 Å². The van der Waals surface area contributed by atoms with Crippen LogP contribution in [0.15, 0.2) is 42.5 Å². The Kier molecular flexibility index (Phi) is 5.24. The molecule has 0 radical (unpaired) electrons. The summed E-state index contributed by atoms with van der Waals surface area (Å²) in [6, 6.07) is 10.0. The molecule has 2 amide bonds. The first-order chi connectivity index (χ1) is 11.0. The molecule has 0 bridgehead atoms. The van der Waals surface area contributed by atoms with Gasteiger partial charge >= 0.3 is 0 Å². The molecule has 0 spiro atoms. The number of hydrogen-bond acceptors (Lipinski definition) is 3. The molecule has 0 fully saturated rings. The molecule has 0 aliphatic carbocycles. The summed E-state index contributed by atoms with van der Waals surface area (Å²) in [5, 5.41) is 7.60. The molecule has 2 rings (SSSR count). The lowest BCUT2D eigenvalue weighted by Gasteiger charge is -2.10. The van der Waals surface area contributed by atoms with E-state index in [4.69, 9.17) is 0 Å². The quantitative estimate of drug-likeness (QED) is 0.793. The monoisotopic (exact) mass is 319 g/mol. The van der Waals surface area contributed by atoms with E-state index < -0.39 is 23.2 Å². The SMILES string of the molecule is CC(=O)Nc1ccc(NCC(=O)Nc2c(F)cccc2F)cc1. The van der Waals surface area contributed by atoms with Gasteiger partial charge in [-0.05, 0) is 36.4 Å². The fourth-order valence-electron chi connectivity index (χ4n) is 1.86. The molecule has 2 aromatic rings. The highest BCUT2D eigenvalue weighted by Crippen LogP contribution is 2.18. The van der Waals surface area contributed by atoms with Crippen molar-refractivity contribution in [1.82, 2.24) is 0 Å². The van der Waals surface area contributed by atoms with E-state index >= 15 is 0 Å².